The fourth-order valence-electron chi connectivity index (χ4n) is 1.95. The van der Waals surface area contributed by atoms with Crippen molar-refractivity contribution in [2.75, 3.05) is 19.0 Å². The Morgan fingerprint density at radius 2 is 2.04 bits per heavy atom. The first-order valence-electron chi connectivity index (χ1n) is 7.30. The number of hydrogen-bond donors (Lipinski definition) is 2. The van der Waals surface area contributed by atoms with Gasteiger partial charge in [-0.25, -0.2) is 14.2 Å². The molecule has 0 saturated heterocycles. The molecule has 0 bridgehead atoms. The number of alkyl halides is 3. The number of amides is 2. The molecule has 2 N–H and O–H groups in total. The second-order valence-electron chi connectivity index (χ2n) is 5.02. The molecule has 10 heteroatoms. The first-order valence-corrected chi connectivity index (χ1v) is 7.30. The summed E-state index contributed by atoms with van der Waals surface area (Å²) in [7, 11) is 1.32. The summed E-state index contributed by atoms with van der Waals surface area (Å²) >= 11 is 0. The number of anilines is 1. The Morgan fingerprint density at radius 3 is 2.73 bits per heavy atom. The molecule has 0 atom stereocenters. The molecule has 0 saturated carbocycles. The van der Waals surface area contributed by atoms with E-state index >= 15 is 0 Å². The van der Waals surface area contributed by atoms with Crippen LogP contribution in [0.4, 0.5) is 28.0 Å². The average Bonchev–Trinajstić information content (AvgIpc) is 2.59. The van der Waals surface area contributed by atoms with Crippen molar-refractivity contribution in [3.63, 3.8) is 0 Å². The Kier molecular flexibility index (Phi) is 6.21. The Labute approximate surface area is 146 Å². The Hall–Kier alpha value is -3.04. The van der Waals surface area contributed by atoms with E-state index in [1.807, 2.05) is 0 Å². The number of urea groups is 1. The maximum Gasteiger partial charge on any atom is 0.422 e. The molecule has 0 aliphatic heterocycles. The zero-order valence-electron chi connectivity index (χ0n) is 13.6. The van der Waals surface area contributed by atoms with Gasteiger partial charge in [-0.2, -0.15) is 13.2 Å². The lowest BCUT2D eigenvalue weighted by atomic mass is 10.2. The number of carbonyl (C=O) groups excluding carboxylic acids is 1. The highest BCUT2D eigenvalue weighted by molar-refractivity contribution is 5.90. The number of halogens is 4. The van der Waals surface area contributed by atoms with Crippen LogP contribution >= 0.6 is 0 Å². The summed E-state index contributed by atoms with van der Waals surface area (Å²) < 4.78 is 59.5. The van der Waals surface area contributed by atoms with E-state index in [2.05, 4.69) is 20.4 Å². The highest BCUT2D eigenvalue weighted by Gasteiger charge is 2.29. The van der Waals surface area contributed by atoms with Crippen LogP contribution in [0.25, 0.3) is 0 Å². The van der Waals surface area contributed by atoms with Gasteiger partial charge in [-0.05, 0) is 18.2 Å². The Balaban J connectivity index is 1.97. The van der Waals surface area contributed by atoms with Crippen molar-refractivity contribution in [2.24, 2.45) is 0 Å². The molecule has 2 aromatic rings. The number of aromatic nitrogens is 1. The summed E-state index contributed by atoms with van der Waals surface area (Å²) in [5, 5.41) is 4.90. The molecule has 0 spiro atoms. The third-order valence-electron chi connectivity index (χ3n) is 3.07. The minimum atomic E-state index is -4.50. The number of rotatable bonds is 6. The summed E-state index contributed by atoms with van der Waals surface area (Å²) in [5.74, 6) is -0.644. The molecular weight excluding hydrogens is 358 g/mol. The molecular formula is C16H15F4N3O3. The third-order valence-corrected chi connectivity index (χ3v) is 3.07. The first-order chi connectivity index (χ1) is 12.3. The second-order valence-corrected chi connectivity index (χ2v) is 5.02. The molecule has 1 heterocycles. The summed E-state index contributed by atoms with van der Waals surface area (Å²) in [4.78, 5) is 15.7. The largest absolute Gasteiger partial charge is 0.494 e. The van der Waals surface area contributed by atoms with Gasteiger partial charge in [-0.3, -0.25) is 0 Å². The van der Waals surface area contributed by atoms with Crippen molar-refractivity contribution in [3.05, 3.63) is 47.9 Å². The van der Waals surface area contributed by atoms with E-state index in [1.54, 1.807) is 0 Å². The number of nitrogens with one attached hydrogen (secondary N) is 2. The highest BCUT2D eigenvalue weighted by Crippen LogP contribution is 2.25. The lowest BCUT2D eigenvalue weighted by molar-refractivity contribution is -0.154. The summed E-state index contributed by atoms with van der Waals surface area (Å²) in [6.07, 6.45) is -3.22. The molecule has 0 aliphatic rings. The van der Waals surface area contributed by atoms with Crippen LogP contribution in [0.2, 0.25) is 0 Å². The van der Waals surface area contributed by atoms with Gasteiger partial charge in [-0.1, -0.05) is 6.07 Å². The van der Waals surface area contributed by atoms with Crippen LogP contribution in [0.3, 0.4) is 0 Å². The van der Waals surface area contributed by atoms with Crippen molar-refractivity contribution in [3.8, 4) is 11.6 Å². The maximum atomic E-state index is 13.1. The van der Waals surface area contributed by atoms with E-state index < -0.39 is 24.6 Å². The van der Waals surface area contributed by atoms with Crippen LogP contribution in [-0.4, -0.2) is 30.9 Å². The number of nitrogens with zero attached hydrogens (tertiary/aromatic N) is 1. The molecule has 6 nitrogen and oxygen atoms in total. The van der Waals surface area contributed by atoms with Crippen LogP contribution in [0.1, 0.15) is 5.56 Å². The standard InChI is InChI=1S/C16H15F4N3O3/c1-25-13-7-11(17)4-5-12(13)23-15(24)22-8-10-3-2-6-21-14(10)26-9-16(18,19)20/h2-7H,8-9H2,1H3,(H2,22,23,24). The minimum Gasteiger partial charge on any atom is -0.494 e. The van der Waals surface area contributed by atoms with Crippen molar-refractivity contribution in [1.82, 2.24) is 10.3 Å². The van der Waals surface area contributed by atoms with E-state index in [-0.39, 0.29) is 29.4 Å². The predicted molar refractivity (Wildman–Crippen MR) is 84.6 cm³/mol. The number of carbonyl (C=O) groups is 1. The van der Waals surface area contributed by atoms with Crippen LogP contribution in [0.5, 0.6) is 11.6 Å². The average molecular weight is 373 g/mol. The molecule has 1 aromatic carbocycles. The highest BCUT2D eigenvalue weighted by atomic mass is 19.4. The van der Waals surface area contributed by atoms with Crippen LogP contribution in [0, 0.1) is 5.82 Å². The van der Waals surface area contributed by atoms with Gasteiger partial charge in [0.1, 0.15) is 11.6 Å². The Bertz CT molecular complexity index is 769. The first kappa shape index (κ1) is 19.3. The van der Waals surface area contributed by atoms with Gasteiger partial charge in [-0.15, -0.1) is 0 Å². The molecule has 1 aromatic heterocycles. The number of hydrogen-bond acceptors (Lipinski definition) is 4. The van der Waals surface area contributed by atoms with Gasteiger partial charge < -0.3 is 20.1 Å². The van der Waals surface area contributed by atoms with Crippen LogP contribution in [-0.2, 0) is 6.54 Å². The number of pyridine rings is 1. The molecule has 0 unspecified atom stereocenters. The molecule has 26 heavy (non-hydrogen) atoms. The van der Waals surface area contributed by atoms with E-state index in [0.717, 1.165) is 12.1 Å². The van der Waals surface area contributed by atoms with E-state index in [9.17, 15) is 22.4 Å². The van der Waals surface area contributed by atoms with Crippen LogP contribution in [0.15, 0.2) is 36.5 Å². The smallest absolute Gasteiger partial charge is 0.422 e. The lowest BCUT2D eigenvalue weighted by Crippen LogP contribution is -2.29. The van der Waals surface area contributed by atoms with Crippen molar-refractivity contribution >= 4 is 11.7 Å². The molecule has 0 radical (unpaired) electrons. The molecule has 2 rings (SSSR count). The van der Waals surface area contributed by atoms with Crippen LogP contribution < -0.4 is 20.1 Å². The molecule has 0 fully saturated rings. The fourth-order valence-corrected chi connectivity index (χ4v) is 1.95. The quantitative estimate of drug-likeness (QED) is 0.761. The van der Waals surface area contributed by atoms with Crippen molar-refractivity contribution < 1.29 is 31.8 Å². The lowest BCUT2D eigenvalue weighted by Gasteiger charge is -2.13. The molecule has 140 valence electrons. The Morgan fingerprint density at radius 1 is 1.27 bits per heavy atom. The summed E-state index contributed by atoms with van der Waals surface area (Å²) in [6, 6.07) is 5.86. The number of methoxy groups -OCH3 is 1. The SMILES string of the molecule is COc1cc(F)ccc1NC(=O)NCc1cccnc1OCC(F)(F)F. The van der Waals surface area contributed by atoms with Crippen molar-refractivity contribution in [1.29, 1.82) is 0 Å². The summed E-state index contributed by atoms with van der Waals surface area (Å²) in [6.45, 7) is -1.62. The normalized spacial score (nSPS) is 11.0. The zero-order valence-corrected chi connectivity index (χ0v) is 13.6. The third kappa shape index (κ3) is 5.80. The van der Waals surface area contributed by atoms with Gasteiger partial charge >= 0.3 is 12.2 Å². The van der Waals surface area contributed by atoms with Gasteiger partial charge in [0.25, 0.3) is 0 Å². The maximum absolute atomic E-state index is 13.1. The topological polar surface area (TPSA) is 72.5 Å². The van der Waals surface area contributed by atoms with Gasteiger partial charge in [0, 0.05) is 24.4 Å². The van der Waals surface area contributed by atoms with Gasteiger partial charge in [0.05, 0.1) is 12.8 Å². The second kappa shape index (κ2) is 8.37. The minimum absolute atomic E-state index is 0.121. The van der Waals surface area contributed by atoms with E-state index in [1.165, 1.54) is 31.5 Å². The monoisotopic (exact) mass is 373 g/mol. The number of benzene rings is 1. The fraction of sp³-hybridized carbons (Fsp3) is 0.250. The van der Waals surface area contributed by atoms with Crippen molar-refractivity contribution in [2.45, 2.75) is 12.7 Å². The van der Waals surface area contributed by atoms with Gasteiger partial charge in [0.15, 0.2) is 6.61 Å². The summed E-state index contributed by atoms with van der Waals surface area (Å²) in [5.41, 5.74) is 0.490. The van der Waals surface area contributed by atoms with Gasteiger partial charge in [0.2, 0.25) is 5.88 Å². The molecule has 0 aliphatic carbocycles. The predicted octanol–water partition coefficient (Wildman–Crippen LogP) is 3.49. The van der Waals surface area contributed by atoms with E-state index in [0.29, 0.717) is 0 Å². The van der Waals surface area contributed by atoms with E-state index in [4.69, 9.17) is 4.74 Å². The zero-order chi connectivity index (χ0) is 19.2. The molecule has 2 amide bonds. The number of ether oxygens (including phenoxy) is 2.